The standard InChI is InChI=1S/C15H17N5O2/c16-14-12-13(10-5-1-2-6-11(10)19-14)20(9-18-12)8-4-3-7-17-15(21)22/h1-2,5-6,9,17H,3-4,7-8H2,(H2,16,19)(H,21,22). The average Bonchev–Trinajstić information content (AvgIpc) is 2.92. The van der Waals surface area contributed by atoms with E-state index < -0.39 is 6.09 Å². The third-order valence-electron chi connectivity index (χ3n) is 3.58. The molecule has 22 heavy (non-hydrogen) atoms. The summed E-state index contributed by atoms with van der Waals surface area (Å²) in [5.41, 5.74) is 8.52. The molecule has 0 saturated heterocycles. The van der Waals surface area contributed by atoms with Crippen LogP contribution in [-0.4, -0.2) is 32.3 Å². The van der Waals surface area contributed by atoms with Crippen molar-refractivity contribution in [2.24, 2.45) is 0 Å². The number of aromatic nitrogens is 3. The first-order valence-electron chi connectivity index (χ1n) is 7.12. The number of nitrogen functional groups attached to an aromatic ring is 1. The molecule has 114 valence electrons. The van der Waals surface area contributed by atoms with Crippen LogP contribution >= 0.6 is 0 Å². The van der Waals surface area contributed by atoms with E-state index in [4.69, 9.17) is 10.8 Å². The highest BCUT2D eigenvalue weighted by atomic mass is 16.4. The normalized spacial score (nSPS) is 11.1. The zero-order valence-electron chi connectivity index (χ0n) is 12.0. The van der Waals surface area contributed by atoms with E-state index in [-0.39, 0.29) is 0 Å². The summed E-state index contributed by atoms with van der Waals surface area (Å²) < 4.78 is 2.05. The van der Waals surface area contributed by atoms with Gasteiger partial charge in [-0.15, -0.1) is 0 Å². The van der Waals surface area contributed by atoms with Gasteiger partial charge in [0, 0.05) is 18.5 Å². The largest absolute Gasteiger partial charge is 0.465 e. The Morgan fingerprint density at radius 1 is 1.32 bits per heavy atom. The second-order valence-electron chi connectivity index (χ2n) is 5.09. The molecule has 1 aromatic carbocycles. The minimum absolute atomic E-state index is 0.431. The van der Waals surface area contributed by atoms with Gasteiger partial charge in [-0.3, -0.25) is 0 Å². The number of benzene rings is 1. The maximum atomic E-state index is 10.4. The number of pyridine rings is 1. The molecule has 0 aliphatic heterocycles. The van der Waals surface area contributed by atoms with E-state index in [9.17, 15) is 4.79 Å². The SMILES string of the molecule is Nc1nc2ccccc2c2c1ncn2CCCCNC(=O)O. The summed E-state index contributed by atoms with van der Waals surface area (Å²) in [7, 11) is 0. The Kier molecular flexibility index (Phi) is 3.78. The maximum Gasteiger partial charge on any atom is 0.404 e. The molecule has 0 aliphatic rings. The molecule has 0 atom stereocenters. The van der Waals surface area contributed by atoms with E-state index in [2.05, 4.69) is 19.9 Å². The Hall–Kier alpha value is -2.83. The second kappa shape index (κ2) is 5.88. The maximum absolute atomic E-state index is 10.4. The minimum Gasteiger partial charge on any atom is -0.465 e. The first-order chi connectivity index (χ1) is 10.7. The van der Waals surface area contributed by atoms with E-state index in [1.54, 1.807) is 6.33 Å². The Labute approximate surface area is 126 Å². The fourth-order valence-corrected chi connectivity index (χ4v) is 2.58. The predicted octanol–water partition coefficient (Wildman–Crippen LogP) is 2.21. The highest BCUT2D eigenvalue weighted by Crippen LogP contribution is 2.27. The number of fused-ring (bicyclic) bond motifs is 3. The van der Waals surface area contributed by atoms with Crippen molar-refractivity contribution >= 4 is 33.8 Å². The smallest absolute Gasteiger partial charge is 0.404 e. The molecule has 3 aromatic rings. The number of aryl methyl sites for hydroxylation is 1. The predicted molar refractivity (Wildman–Crippen MR) is 84.7 cm³/mol. The van der Waals surface area contributed by atoms with Gasteiger partial charge >= 0.3 is 6.09 Å². The summed E-state index contributed by atoms with van der Waals surface area (Å²) in [6.07, 6.45) is 2.39. The summed E-state index contributed by atoms with van der Waals surface area (Å²) >= 11 is 0. The lowest BCUT2D eigenvalue weighted by molar-refractivity contribution is 0.194. The number of hydrogen-bond acceptors (Lipinski definition) is 4. The van der Waals surface area contributed by atoms with Gasteiger partial charge in [0.15, 0.2) is 5.82 Å². The molecule has 0 spiro atoms. The lowest BCUT2D eigenvalue weighted by atomic mass is 10.2. The Balaban J connectivity index is 1.86. The molecule has 0 radical (unpaired) electrons. The summed E-state index contributed by atoms with van der Waals surface area (Å²) in [5.74, 6) is 0.431. The number of nitrogens with two attached hydrogens (primary N) is 1. The lowest BCUT2D eigenvalue weighted by Crippen LogP contribution is -2.21. The van der Waals surface area contributed by atoms with Crippen molar-refractivity contribution in [3.8, 4) is 0 Å². The number of amides is 1. The molecule has 0 bridgehead atoms. The van der Waals surface area contributed by atoms with Crippen molar-refractivity contribution in [3.63, 3.8) is 0 Å². The number of imidazole rings is 1. The molecule has 3 rings (SSSR count). The van der Waals surface area contributed by atoms with Crippen molar-refractivity contribution in [2.75, 3.05) is 12.3 Å². The first-order valence-corrected chi connectivity index (χ1v) is 7.12. The van der Waals surface area contributed by atoms with Crippen LogP contribution in [0.2, 0.25) is 0 Å². The van der Waals surface area contributed by atoms with Gasteiger partial charge in [0.1, 0.15) is 5.52 Å². The monoisotopic (exact) mass is 299 g/mol. The quantitative estimate of drug-likeness (QED) is 0.626. The number of unbranched alkanes of at least 4 members (excludes halogenated alkanes) is 1. The molecule has 7 heteroatoms. The number of anilines is 1. The Morgan fingerprint density at radius 3 is 2.95 bits per heavy atom. The first kappa shape index (κ1) is 14.1. The van der Waals surface area contributed by atoms with Crippen LogP contribution in [0.5, 0.6) is 0 Å². The number of carbonyl (C=O) groups is 1. The van der Waals surface area contributed by atoms with Gasteiger partial charge in [-0.2, -0.15) is 0 Å². The van der Waals surface area contributed by atoms with Gasteiger partial charge in [-0.1, -0.05) is 18.2 Å². The van der Waals surface area contributed by atoms with Crippen molar-refractivity contribution in [3.05, 3.63) is 30.6 Å². The van der Waals surface area contributed by atoms with Crippen LogP contribution in [0.25, 0.3) is 21.9 Å². The molecular weight excluding hydrogens is 282 g/mol. The zero-order chi connectivity index (χ0) is 15.5. The van der Waals surface area contributed by atoms with Gasteiger partial charge in [0.05, 0.1) is 17.4 Å². The summed E-state index contributed by atoms with van der Waals surface area (Å²) in [4.78, 5) is 19.1. The number of nitrogens with one attached hydrogen (secondary N) is 1. The van der Waals surface area contributed by atoms with Crippen molar-refractivity contribution < 1.29 is 9.90 Å². The van der Waals surface area contributed by atoms with Crippen LogP contribution in [0.4, 0.5) is 10.6 Å². The van der Waals surface area contributed by atoms with E-state index >= 15 is 0 Å². The van der Waals surface area contributed by atoms with Crippen LogP contribution in [0.1, 0.15) is 12.8 Å². The molecule has 0 aliphatic carbocycles. The molecule has 2 heterocycles. The summed E-state index contributed by atoms with van der Waals surface area (Å²) in [6.45, 7) is 1.21. The number of hydrogen-bond donors (Lipinski definition) is 3. The van der Waals surface area contributed by atoms with E-state index in [1.165, 1.54) is 0 Å². The third-order valence-corrected chi connectivity index (χ3v) is 3.58. The molecule has 4 N–H and O–H groups in total. The Bertz CT molecular complexity index is 827. The van der Waals surface area contributed by atoms with Gasteiger partial charge in [0.2, 0.25) is 0 Å². The topological polar surface area (TPSA) is 106 Å². The highest BCUT2D eigenvalue weighted by molar-refractivity contribution is 6.06. The van der Waals surface area contributed by atoms with Gasteiger partial charge in [-0.05, 0) is 18.9 Å². The number of rotatable bonds is 5. The number of carboxylic acid groups (broad SMARTS) is 1. The van der Waals surface area contributed by atoms with Crippen LogP contribution in [0.15, 0.2) is 30.6 Å². The third kappa shape index (κ3) is 2.65. The molecule has 0 unspecified atom stereocenters. The van der Waals surface area contributed by atoms with Gasteiger partial charge in [-0.25, -0.2) is 14.8 Å². The van der Waals surface area contributed by atoms with Gasteiger partial charge < -0.3 is 20.7 Å². The molecule has 7 nitrogen and oxygen atoms in total. The van der Waals surface area contributed by atoms with Crippen LogP contribution in [0.3, 0.4) is 0 Å². The molecule has 0 saturated carbocycles. The fourth-order valence-electron chi connectivity index (χ4n) is 2.58. The fraction of sp³-hybridized carbons (Fsp3) is 0.267. The van der Waals surface area contributed by atoms with Crippen LogP contribution in [0, 0.1) is 0 Å². The van der Waals surface area contributed by atoms with Crippen molar-refractivity contribution in [1.29, 1.82) is 0 Å². The number of nitrogens with zero attached hydrogens (tertiary/aromatic N) is 3. The van der Waals surface area contributed by atoms with E-state index in [1.807, 2.05) is 24.3 Å². The molecular formula is C15H17N5O2. The van der Waals surface area contributed by atoms with Crippen LogP contribution < -0.4 is 11.1 Å². The van der Waals surface area contributed by atoms with Crippen LogP contribution in [-0.2, 0) is 6.54 Å². The zero-order valence-corrected chi connectivity index (χ0v) is 12.0. The number of para-hydroxylation sites is 1. The second-order valence-corrected chi connectivity index (χ2v) is 5.09. The lowest BCUT2D eigenvalue weighted by Gasteiger charge is -2.07. The van der Waals surface area contributed by atoms with Gasteiger partial charge in [0.25, 0.3) is 0 Å². The van der Waals surface area contributed by atoms with E-state index in [0.717, 1.165) is 35.8 Å². The van der Waals surface area contributed by atoms with Crippen molar-refractivity contribution in [2.45, 2.75) is 19.4 Å². The highest BCUT2D eigenvalue weighted by Gasteiger charge is 2.11. The molecule has 0 fully saturated rings. The summed E-state index contributed by atoms with van der Waals surface area (Å²) in [6, 6.07) is 7.83. The molecule has 1 amide bonds. The average molecular weight is 299 g/mol. The minimum atomic E-state index is -0.988. The van der Waals surface area contributed by atoms with E-state index in [0.29, 0.717) is 17.9 Å². The van der Waals surface area contributed by atoms with Crippen molar-refractivity contribution in [1.82, 2.24) is 19.9 Å². The summed E-state index contributed by atoms with van der Waals surface area (Å²) in [5, 5.41) is 11.9. The Morgan fingerprint density at radius 2 is 2.14 bits per heavy atom. The molecule has 2 aromatic heterocycles.